The van der Waals surface area contributed by atoms with Crippen molar-refractivity contribution in [3.05, 3.63) is 65.5 Å². The summed E-state index contributed by atoms with van der Waals surface area (Å²) in [5.41, 5.74) is 1.14. The predicted octanol–water partition coefficient (Wildman–Crippen LogP) is 3.34. The van der Waals surface area contributed by atoms with Gasteiger partial charge in [0.1, 0.15) is 24.7 Å². The van der Waals surface area contributed by atoms with Gasteiger partial charge in [-0.1, -0.05) is 25.1 Å². The standard InChI is InChI=1S/C19H20FNO4/c1-2-9-21(12-18(22)23)19(24)15-6-3-5-14(10-15)13-25-17-8-4-7-16(20)11-17/h3-8,10-11H,2,9,12-13H2,1H3,(H,22,23). The van der Waals surface area contributed by atoms with Crippen molar-refractivity contribution in [2.45, 2.75) is 20.0 Å². The lowest BCUT2D eigenvalue weighted by atomic mass is 10.1. The number of nitrogens with zero attached hydrogens (tertiary/aromatic N) is 1. The number of hydrogen-bond donors (Lipinski definition) is 1. The normalized spacial score (nSPS) is 10.3. The van der Waals surface area contributed by atoms with Gasteiger partial charge in [0.15, 0.2) is 0 Å². The molecule has 0 aliphatic heterocycles. The van der Waals surface area contributed by atoms with Gasteiger partial charge < -0.3 is 14.7 Å². The zero-order valence-corrected chi connectivity index (χ0v) is 13.9. The molecule has 0 saturated carbocycles. The van der Waals surface area contributed by atoms with E-state index in [-0.39, 0.29) is 24.9 Å². The summed E-state index contributed by atoms with van der Waals surface area (Å²) < 4.78 is 18.7. The zero-order valence-electron chi connectivity index (χ0n) is 13.9. The molecule has 6 heteroatoms. The van der Waals surface area contributed by atoms with E-state index in [0.717, 1.165) is 5.56 Å². The topological polar surface area (TPSA) is 66.8 Å². The summed E-state index contributed by atoms with van der Waals surface area (Å²) in [6.07, 6.45) is 0.668. The monoisotopic (exact) mass is 345 g/mol. The van der Waals surface area contributed by atoms with Crippen LogP contribution in [0.4, 0.5) is 4.39 Å². The van der Waals surface area contributed by atoms with Gasteiger partial charge in [-0.15, -0.1) is 0 Å². The van der Waals surface area contributed by atoms with Crippen molar-refractivity contribution >= 4 is 11.9 Å². The number of hydrogen-bond acceptors (Lipinski definition) is 3. The van der Waals surface area contributed by atoms with Gasteiger partial charge in [-0.05, 0) is 36.2 Å². The van der Waals surface area contributed by atoms with E-state index in [9.17, 15) is 14.0 Å². The first-order valence-corrected chi connectivity index (χ1v) is 7.98. The molecule has 5 nitrogen and oxygen atoms in total. The van der Waals surface area contributed by atoms with E-state index in [0.29, 0.717) is 24.3 Å². The van der Waals surface area contributed by atoms with Crippen LogP contribution in [0, 0.1) is 5.82 Å². The van der Waals surface area contributed by atoms with Crippen molar-refractivity contribution in [2.24, 2.45) is 0 Å². The van der Waals surface area contributed by atoms with Crippen molar-refractivity contribution in [1.82, 2.24) is 4.90 Å². The van der Waals surface area contributed by atoms with Crippen LogP contribution in [0.25, 0.3) is 0 Å². The summed E-state index contributed by atoms with van der Waals surface area (Å²) in [7, 11) is 0. The third-order valence-corrected chi connectivity index (χ3v) is 3.48. The van der Waals surface area contributed by atoms with Crippen molar-refractivity contribution in [1.29, 1.82) is 0 Å². The second kappa shape index (κ2) is 8.82. The molecule has 0 aliphatic rings. The molecule has 0 heterocycles. The molecule has 0 fully saturated rings. The molecule has 1 amide bonds. The molecule has 0 unspecified atom stereocenters. The molecule has 0 aliphatic carbocycles. The van der Waals surface area contributed by atoms with Crippen molar-refractivity contribution in [3.63, 3.8) is 0 Å². The van der Waals surface area contributed by atoms with E-state index in [1.54, 1.807) is 36.4 Å². The Kier molecular flexibility index (Phi) is 6.51. The molecule has 2 rings (SSSR count). The van der Waals surface area contributed by atoms with Crippen LogP contribution < -0.4 is 4.74 Å². The number of carbonyl (C=O) groups is 2. The largest absolute Gasteiger partial charge is 0.489 e. The van der Waals surface area contributed by atoms with Crippen LogP contribution in [0.5, 0.6) is 5.75 Å². The predicted molar refractivity (Wildman–Crippen MR) is 91.0 cm³/mol. The Morgan fingerprint density at radius 3 is 2.60 bits per heavy atom. The van der Waals surface area contributed by atoms with Crippen LogP contribution in [-0.2, 0) is 11.4 Å². The molecule has 2 aromatic rings. The van der Waals surface area contributed by atoms with Crippen molar-refractivity contribution in [2.75, 3.05) is 13.1 Å². The minimum absolute atomic E-state index is 0.178. The van der Waals surface area contributed by atoms with Crippen LogP contribution >= 0.6 is 0 Å². The van der Waals surface area contributed by atoms with Crippen molar-refractivity contribution < 1.29 is 23.8 Å². The van der Waals surface area contributed by atoms with Crippen LogP contribution in [0.1, 0.15) is 29.3 Å². The maximum absolute atomic E-state index is 13.2. The molecule has 1 N–H and O–H groups in total. The van der Waals surface area contributed by atoms with Crippen LogP contribution in [0.2, 0.25) is 0 Å². The summed E-state index contributed by atoms with van der Waals surface area (Å²) in [5, 5.41) is 8.95. The molecule has 0 bridgehead atoms. The van der Waals surface area contributed by atoms with Gasteiger partial charge in [0.25, 0.3) is 5.91 Å². The van der Waals surface area contributed by atoms with Gasteiger partial charge in [0, 0.05) is 18.2 Å². The Morgan fingerprint density at radius 2 is 1.92 bits per heavy atom. The average molecular weight is 345 g/mol. The molecule has 0 atom stereocenters. The zero-order chi connectivity index (χ0) is 18.2. The van der Waals surface area contributed by atoms with Gasteiger partial charge in [-0.2, -0.15) is 0 Å². The molecule has 0 spiro atoms. The fourth-order valence-electron chi connectivity index (χ4n) is 2.39. The highest BCUT2D eigenvalue weighted by Crippen LogP contribution is 2.15. The number of carboxylic acids is 1. The fraction of sp³-hybridized carbons (Fsp3) is 0.263. The number of ether oxygens (including phenoxy) is 1. The SMILES string of the molecule is CCCN(CC(=O)O)C(=O)c1cccc(COc2cccc(F)c2)c1. The lowest BCUT2D eigenvalue weighted by Crippen LogP contribution is -2.36. The van der Waals surface area contributed by atoms with Crippen molar-refractivity contribution in [3.8, 4) is 5.75 Å². The van der Waals surface area contributed by atoms with E-state index < -0.39 is 5.97 Å². The van der Waals surface area contributed by atoms with Gasteiger partial charge in [-0.3, -0.25) is 9.59 Å². The highest BCUT2D eigenvalue weighted by atomic mass is 19.1. The Bertz CT molecular complexity index is 748. The number of amides is 1. The van der Waals surface area contributed by atoms with Crippen LogP contribution in [-0.4, -0.2) is 35.0 Å². The van der Waals surface area contributed by atoms with E-state index in [1.807, 2.05) is 6.92 Å². The fourth-order valence-corrected chi connectivity index (χ4v) is 2.39. The minimum Gasteiger partial charge on any atom is -0.489 e. The molecular formula is C19H20FNO4. The smallest absolute Gasteiger partial charge is 0.323 e. The lowest BCUT2D eigenvalue weighted by Gasteiger charge is -2.20. The van der Waals surface area contributed by atoms with E-state index >= 15 is 0 Å². The summed E-state index contributed by atoms with van der Waals surface area (Å²) >= 11 is 0. The lowest BCUT2D eigenvalue weighted by molar-refractivity contribution is -0.137. The first-order chi connectivity index (χ1) is 12.0. The third kappa shape index (κ3) is 5.60. The Balaban J connectivity index is 2.08. The number of carbonyl (C=O) groups excluding carboxylic acids is 1. The second-order valence-electron chi connectivity index (χ2n) is 5.57. The second-order valence-corrected chi connectivity index (χ2v) is 5.57. The molecule has 0 saturated heterocycles. The highest BCUT2D eigenvalue weighted by molar-refractivity contribution is 5.96. The number of halogens is 1. The highest BCUT2D eigenvalue weighted by Gasteiger charge is 2.18. The Hall–Kier alpha value is -2.89. The first-order valence-electron chi connectivity index (χ1n) is 7.98. The number of benzene rings is 2. The summed E-state index contributed by atoms with van der Waals surface area (Å²) in [5.74, 6) is -1.37. The minimum atomic E-state index is -1.05. The van der Waals surface area contributed by atoms with Gasteiger partial charge >= 0.3 is 5.97 Å². The first kappa shape index (κ1) is 18.4. The summed E-state index contributed by atoms with van der Waals surface area (Å²) in [4.78, 5) is 24.7. The number of rotatable bonds is 8. The third-order valence-electron chi connectivity index (χ3n) is 3.48. The average Bonchev–Trinajstić information content (AvgIpc) is 2.59. The van der Waals surface area contributed by atoms with E-state index in [4.69, 9.17) is 9.84 Å². The molecule has 0 radical (unpaired) electrons. The van der Waals surface area contributed by atoms with E-state index in [1.165, 1.54) is 17.0 Å². The van der Waals surface area contributed by atoms with Gasteiger partial charge in [0.2, 0.25) is 0 Å². The Labute approximate surface area is 145 Å². The van der Waals surface area contributed by atoms with Crippen LogP contribution in [0.15, 0.2) is 48.5 Å². The Morgan fingerprint density at radius 1 is 1.16 bits per heavy atom. The summed E-state index contributed by atoms with van der Waals surface area (Å²) in [6, 6.07) is 12.6. The molecule has 0 aromatic heterocycles. The van der Waals surface area contributed by atoms with Gasteiger partial charge in [-0.25, -0.2) is 4.39 Å². The van der Waals surface area contributed by atoms with Gasteiger partial charge in [0.05, 0.1) is 0 Å². The molecule has 132 valence electrons. The maximum atomic E-state index is 13.2. The molecular weight excluding hydrogens is 325 g/mol. The van der Waals surface area contributed by atoms with E-state index in [2.05, 4.69) is 0 Å². The van der Waals surface area contributed by atoms with Crippen LogP contribution in [0.3, 0.4) is 0 Å². The number of carboxylic acid groups (broad SMARTS) is 1. The summed E-state index contributed by atoms with van der Waals surface area (Å²) in [6.45, 7) is 2.09. The quantitative estimate of drug-likeness (QED) is 0.797. The molecule has 2 aromatic carbocycles. The number of aliphatic carboxylic acids is 1. The molecule has 25 heavy (non-hydrogen) atoms. The maximum Gasteiger partial charge on any atom is 0.323 e.